The van der Waals surface area contributed by atoms with Gasteiger partial charge in [-0.1, -0.05) is 18.2 Å². The Morgan fingerprint density at radius 1 is 0.925 bits per heavy atom. The summed E-state index contributed by atoms with van der Waals surface area (Å²) in [6.45, 7) is 4.86. The number of alkyl halides is 1. The lowest BCUT2D eigenvalue weighted by Gasteiger charge is -2.76. The van der Waals surface area contributed by atoms with Crippen LogP contribution in [0.5, 0.6) is 11.5 Å². The number of nitrogen functional groups attached to an aromatic ring is 1. The molecule has 10 nitrogen and oxygen atoms in total. The molecule has 53 heavy (non-hydrogen) atoms. The minimum Gasteiger partial charge on any atom is -0.457 e. The Kier molecular flexibility index (Phi) is 7.14. The fourth-order valence-electron chi connectivity index (χ4n) is 13.1. The van der Waals surface area contributed by atoms with Crippen LogP contribution in [0.2, 0.25) is 0 Å². The third-order valence-electron chi connectivity index (χ3n) is 15.2. The predicted molar refractivity (Wildman–Crippen MR) is 199 cm³/mol. The van der Waals surface area contributed by atoms with E-state index in [2.05, 4.69) is 19.8 Å². The SMILES string of the molecule is Nc1ncnc2c1c(-c1ccc(Oc3ccccc3)cc1)nn2C1CCN([C@@]23CC[N+]2(C2CN(C(=O)CC45CC6CC(CC(C6)C4)C5)C2)CC3F)CC1. The zero-order valence-corrected chi connectivity index (χ0v) is 30.5. The van der Waals surface area contributed by atoms with Crippen molar-refractivity contribution in [2.75, 3.05) is 45.0 Å². The van der Waals surface area contributed by atoms with Crippen LogP contribution in [-0.4, -0.2) is 97.1 Å². The van der Waals surface area contributed by atoms with Crippen LogP contribution in [0.4, 0.5) is 10.2 Å². The normalized spacial score (nSPS) is 35.1. The molecule has 2 aromatic heterocycles. The molecule has 2 N–H and O–H groups in total. The summed E-state index contributed by atoms with van der Waals surface area (Å²) in [6.07, 6.45) is 12.1. The van der Waals surface area contributed by atoms with Crippen molar-refractivity contribution >= 4 is 22.8 Å². The molecule has 4 saturated carbocycles. The van der Waals surface area contributed by atoms with Gasteiger partial charge in [0.15, 0.2) is 11.3 Å². The molecule has 2 aromatic carbocycles. The molecule has 4 aliphatic heterocycles. The number of ether oxygens (including phenoxy) is 1. The summed E-state index contributed by atoms with van der Waals surface area (Å²) in [5.74, 6) is 4.90. The second-order valence-corrected chi connectivity index (χ2v) is 18.0. The highest BCUT2D eigenvalue weighted by atomic mass is 19.1. The van der Waals surface area contributed by atoms with Gasteiger partial charge in [-0.2, -0.15) is 5.10 Å². The molecule has 11 heteroatoms. The van der Waals surface area contributed by atoms with Crippen molar-refractivity contribution in [3.63, 3.8) is 0 Å². The number of fused-ring (bicyclic) bond motifs is 2. The van der Waals surface area contributed by atoms with Crippen LogP contribution < -0.4 is 10.5 Å². The maximum Gasteiger partial charge on any atom is 0.223 e. The minimum absolute atomic E-state index is 0.121. The first kappa shape index (κ1) is 32.3. The predicted octanol–water partition coefficient (Wildman–Crippen LogP) is 6.59. The van der Waals surface area contributed by atoms with E-state index in [0.29, 0.717) is 24.3 Å². The molecule has 0 spiro atoms. The molecular weight excluding hydrogens is 668 g/mol. The highest BCUT2D eigenvalue weighted by Crippen LogP contribution is 2.62. The number of quaternary nitrogens is 1. The minimum atomic E-state index is -0.817. The van der Waals surface area contributed by atoms with Gasteiger partial charge < -0.3 is 15.4 Å². The lowest BCUT2D eigenvalue weighted by molar-refractivity contribution is -1.10. The second kappa shape index (κ2) is 11.7. The first-order valence-corrected chi connectivity index (χ1v) is 20.2. The molecule has 6 heterocycles. The molecule has 2 unspecified atom stereocenters. The molecule has 3 atom stereocenters. The van der Waals surface area contributed by atoms with Crippen molar-refractivity contribution in [3.8, 4) is 22.8 Å². The highest BCUT2D eigenvalue weighted by molar-refractivity contribution is 5.98. The molecule has 1 amide bonds. The van der Waals surface area contributed by atoms with Crippen molar-refractivity contribution < 1.29 is 18.4 Å². The van der Waals surface area contributed by atoms with Crippen molar-refractivity contribution in [2.24, 2.45) is 23.2 Å². The topological polar surface area (TPSA) is 102 Å². The molecule has 4 aliphatic carbocycles. The fourth-order valence-corrected chi connectivity index (χ4v) is 13.1. The van der Waals surface area contributed by atoms with Gasteiger partial charge in [0.05, 0.1) is 37.5 Å². The van der Waals surface area contributed by atoms with E-state index in [1.165, 1.54) is 44.9 Å². The van der Waals surface area contributed by atoms with Crippen LogP contribution in [0.25, 0.3) is 22.3 Å². The van der Waals surface area contributed by atoms with Crippen molar-refractivity contribution in [3.05, 3.63) is 60.9 Å². The number of amides is 1. The third-order valence-corrected chi connectivity index (χ3v) is 15.2. The lowest BCUT2D eigenvalue weighted by atomic mass is 9.49. The highest BCUT2D eigenvalue weighted by Gasteiger charge is 2.80. The molecule has 4 bridgehead atoms. The molecule has 276 valence electrons. The van der Waals surface area contributed by atoms with E-state index in [1.807, 2.05) is 59.3 Å². The number of nitrogens with two attached hydrogens (primary N) is 1. The molecule has 8 aliphatic rings. The standard InChI is InChI=1S/C42H50FN8O2/c43-35-25-51(32-23-48(24-32)36(52)22-41-19-27-16-28(20-41)18-29(17-27)21-41)15-12-42(35,51)49-13-10-31(11-14-49)50-40-37(39(44)45-26-46-40)38(47-50)30-6-8-34(9-7-30)53-33-4-2-1-3-5-33/h1-9,26-29,31-32,35H,10-25H2,(H2,44,45,46)/q+1/t27?,28?,29?,35?,41?,42-,51?/m0/s1. The Labute approximate surface area is 310 Å². The molecule has 0 radical (unpaired) electrons. The quantitative estimate of drug-likeness (QED) is 0.205. The maximum absolute atomic E-state index is 16.0. The largest absolute Gasteiger partial charge is 0.457 e. The lowest BCUT2D eigenvalue weighted by Crippen LogP contribution is -2.98. The van der Waals surface area contributed by atoms with Gasteiger partial charge in [0, 0.05) is 25.1 Å². The molecular formula is C42H50FN8O2+. The zero-order chi connectivity index (χ0) is 35.5. The van der Waals surface area contributed by atoms with E-state index < -0.39 is 11.8 Å². The van der Waals surface area contributed by atoms with Gasteiger partial charge in [0.1, 0.15) is 41.9 Å². The number of hydrogen-bond acceptors (Lipinski definition) is 7. The maximum atomic E-state index is 16.0. The summed E-state index contributed by atoms with van der Waals surface area (Å²) in [4.78, 5) is 27.3. The Bertz CT molecular complexity index is 2020. The number of nitrogens with zero attached hydrogens (tertiary/aromatic N) is 7. The van der Waals surface area contributed by atoms with Crippen molar-refractivity contribution in [1.29, 1.82) is 0 Å². The van der Waals surface area contributed by atoms with Gasteiger partial charge in [-0.15, -0.1) is 0 Å². The van der Waals surface area contributed by atoms with E-state index in [4.69, 9.17) is 15.6 Å². The molecule has 4 saturated heterocycles. The number of halogens is 1. The van der Waals surface area contributed by atoms with E-state index in [1.54, 1.807) is 0 Å². The summed E-state index contributed by atoms with van der Waals surface area (Å²) in [6, 6.07) is 18.1. The third kappa shape index (κ3) is 4.81. The van der Waals surface area contributed by atoms with Crippen LogP contribution in [0.3, 0.4) is 0 Å². The summed E-state index contributed by atoms with van der Waals surface area (Å²) in [5.41, 5.74) is 8.73. The number of carbonyl (C=O) groups excluding carboxylic acids is 1. The number of hydrogen-bond donors (Lipinski definition) is 1. The van der Waals surface area contributed by atoms with Crippen molar-refractivity contribution in [2.45, 2.75) is 88.1 Å². The van der Waals surface area contributed by atoms with Gasteiger partial charge in [0.2, 0.25) is 12.1 Å². The van der Waals surface area contributed by atoms with Crippen LogP contribution in [0.15, 0.2) is 60.9 Å². The first-order valence-electron chi connectivity index (χ1n) is 20.2. The number of aromatic nitrogens is 4. The van der Waals surface area contributed by atoms with Gasteiger partial charge in [-0.05, 0) is 111 Å². The number of likely N-dealkylation sites (tertiary alicyclic amines) is 2. The van der Waals surface area contributed by atoms with Crippen LogP contribution in [0.1, 0.15) is 70.3 Å². The Morgan fingerprint density at radius 2 is 1.60 bits per heavy atom. The van der Waals surface area contributed by atoms with E-state index >= 15 is 4.39 Å². The van der Waals surface area contributed by atoms with Crippen LogP contribution in [-0.2, 0) is 4.79 Å². The Morgan fingerprint density at radius 3 is 2.25 bits per heavy atom. The summed E-state index contributed by atoms with van der Waals surface area (Å²) in [5, 5.41) is 5.90. The van der Waals surface area contributed by atoms with Gasteiger partial charge in [-0.25, -0.2) is 23.9 Å². The number of piperidine rings is 2. The Hall–Kier alpha value is -4.09. The van der Waals surface area contributed by atoms with E-state index in [0.717, 1.165) is 114 Å². The first-order chi connectivity index (χ1) is 25.8. The van der Waals surface area contributed by atoms with Crippen molar-refractivity contribution in [1.82, 2.24) is 29.5 Å². The number of carbonyl (C=O) groups is 1. The monoisotopic (exact) mass is 717 g/mol. The number of anilines is 1. The molecule has 4 aromatic rings. The fraction of sp³-hybridized carbons (Fsp3) is 0.571. The number of rotatable bonds is 8. The number of para-hydroxylation sites is 1. The molecule has 12 rings (SSSR count). The summed E-state index contributed by atoms with van der Waals surface area (Å²) in [7, 11) is 0. The van der Waals surface area contributed by atoms with Gasteiger partial charge >= 0.3 is 0 Å². The van der Waals surface area contributed by atoms with E-state index in [9.17, 15) is 4.79 Å². The summed E-state index contributed by atoms with van der Waals surface area (Å²) >= 11 is 0. The van der Waals surface area contributed by atoms with Crippen LogP contribution >= 0.6 is 0 Å². The smallest absolute Gasteiger partial charge is 0.223 e. The molecule has 8 fully saturated rings. The van der Waals surface area contributed by atoms with Gasteiger partial charge in [-0.3, -0.25) is 9.28 Å². The van der Waals surface area contributed by atoms with Crippen LogP contribution in [0, 0.1) is 23.2 Å². The Balaban J connectivity index is 0.771. The average molecular weight is 718 g/mol. The average Bonchev–Trinajstić information content (AvgIpc) is 3.52. The van der Waals surface area contributed by atoms with Gasteiger partial charge in [0.25, 0.3) is 0 Å². The number of benzene rings is 2. The summed E-state index contributed by atoms with van der Waals surface area (Å²) < 4.78 is 24.9. The van der Waals surface area contributed by atoms with E-state index in [-0.39, 0.29) is 11.5 Å². The second-order valence-electron chi connectivity index (χ2n) is 18.0. The zero-order valence-electron chi connectivity index (χ0n) is 30.5.